The quantitative estimate of drug-likeness (QED) is 0.324. The van der Waals surface area contributed by atoms with E-state index >= 15 is 0 Å². The predicted molar refractivity (Wildman–Crippen MR) is 147 cm³/mol. The zero-order valence-electron chi connectivity index (χ0n) is 22.7. The molecule has 0 spiro atoms. The lowest BCUT2D eigenvalue weighted by atomic mass is 9.93. The molecule has 3 heterocycles. The number of nitrogens with one attached hydrogen (secondary N) is 2. The second-order valence-electron chi connectivity index (χ2n) is 10.4. The number of amides is 2. The van der Waals surface area contributed by atoms with Crippen molar-refractivity contribution >= 4 is 17.5 Å². The van der Waals surface area contributed by atoms with Gasteiger partial charge in [0.05, 0.1) is 30.8 Å². The Balaban J connectivity index is 1.16. The van der Waals surface area contributed by atoms with Crippen molar-refractivity contribution in [3.8, 4) is 22.7 Å². The van der Waals surface area contributed by atoms with Crippen LogP contribution in [0.2, 0.25) is 0 Å². The first-order chi connectivity index (χ1) is 19.2. The normalized spacial score (nSPS) is 14.2. The molecule has 0 radical (unpaired) electrons. The van der Waals surface area contributed by atoms with Gasteiger partial charge in [0.2, 0.25) is 0 Å². The third-order valence-electron chi connectivity index (χ3n) is 6.38. The van der Waals surface area contributed by atoms with Crippen LogP contribution in [0.1, 0.15) is 26.5 Å². The zero-order valence-corrected chi connectivity index (χ0v) is 22.7. The molecule has 0 bridgehead atoms. The van der Waals surface area contributed by atoms with Gasteiger partial charge in [-0.3, -0.25) is 10.2 Å². The fourth-order valence-corrected chi connectivity index (χ4v) is 4.07. The topological polar surface area (TPSA) is 120 Å². The summed E-state index contributed by atoms with van der Waals surface area (Å²) in [6, 6.07) is 12.9. The highest BCUT2D eigenvalue weighted by Crippen LogP contribution is 2.25. The number of nitrogens with zero attached hydrogens (tertiary/aromatic N) is 5. The molecular formula is C28H32FN7O4. The van der Waals surface area contributed by atoms with Crippen LogP contribution in [0.3, 0.4) is 0 Å². The monoisotopic (exact) mass is 549 g/mol. The first kappa shape index (κ1) is 27.3. The van der Waals surface area contributed by atoms with E-state index in [-0.39, 0.29) is 16.9 Å². The Bertz CT molecular complexity index is 1440. The van der Waals surface area contributed by atoms with Crippen molar-refractivity contribution < 1.29 is 23.2 Å². The number of morpholine rings is 1. The average Bonchev–Trinajstić information content (AvgIpc) is 3.61. The number of carbonyl (C=O) groups excluding carboxylic acids is 1. The standard InChI is InChI=1S/C28H32FN7O4/c1-28(2,3)25-17-26(33-40-25)31-27(37)30-23-9-6-20(16-22(23)29)36-18-24(32-34-36)19-4-7-21(8-5-19)39-15-12-35-10-13-38-14-11-35/h4-9,16-18H,10-15H2,1-3H3,(H2,30,31,33,37). The van der Waals surface area contributed by atoms with E-state index in [4.69, 9.17) is 14.0 Å². The smallest absolute Gasteiger partial charge is 0.325 e. The van der Waals surface area contributed by atoms with Crippen LogP contribution in [0.15, 0.2) is 59.3 Å². The number of urea groups is 1. The van der Waals surface area contributed by atoms with Crippen LogP contribution in [0.25, 0.3) is 16.9 Å². The number of carbonyl (C=O) groups is 1. The molecule has 1 aliphatic heterocycles. The number of benzene rings is 2. The molecule has 5 rings (SSSR count). The predicted octanol–water partition coefficient (Wildman–Crippen LogP) is 4.71. The Hall–Kier alpha value is -4.29. The maximum absolute atomic E-state index is 14.8. The third-order valence-corrected chi connectivity index (χ3v) is 6.38. The lowest BCUT2D eigenvalue weighted by Gasteiger charge is -2.26. The van der Waals surface area contributed by atoms with Crippen molar-refractivity contribution in [1.29, 1.82) is 0 Å². The lowest BCUT2D eigenvalue weighted by molar-refractivity contribution is 0.0322. The van der Waals surface area contributed by atoms with Crippen LogP contribution in [-0.2, 0) is 10.2 Å². The van der Waals surface area contributed by atoms with Crippen molar-refractivity contribution in [3.63, 3.8) is 0 Å². The van der Waals surface area contributed by atoms with E-state index in [0.29, 0.717) is 23.7 Å². The number of ether oxygens (including phenoxy) is 2. The van der Waals surface area contributed by atoms with Crippen LogP contribution in [-0.4, -0.2) is 70.5 Å². The molecule has 2 aromatic heterocycles. The minimum absolute atomic E-state index is 0.00494. The summed E-state index contributed by atoms with van der Waals surface area (Å²) in [6.07, 6.45) is 1.71. The SMILES string of the molecule is CC(C)(C)c1cc(NC(=O)Nc2ccc(-n3cc(-c4ccc(OCCN5CCOCC5)cc4)nn3)cc2F)no1. The van der Waals surface area contributed by atoms with Crippen molar-refractivity contribution in [1.82, 2.24) is 25.1 Å². The van der Waals surface area contributed by atoms with Gasteiger partial charge in [-0.15, -0.1) is 5.10 Å². The molecule has 0 aliphatic carbocycles. The van der Waals surface area contributed by atoms with Gasteiger partial charge in [-0.2, -0.15) is 0 Å². The molecule has 11 nitrogen and oxygen atoms in total. The van der Waals surface area contributed by atoms with Crippen LogP contribution < -0.4 is 15.4 Å². The van der Waals surface area contributed by atoms with E-state index in [1.54, 1.807) is 18.3 Å². The summed E-state index contributed by atoms with van der Waals surface area (Å²) in [7, 11) is 0. The van der Waals surface area contributed by atoms with Gasteiger partial charge in [0, 0.05) is 42.7 Å². The summed E-state index contributed by atoms with van der Waals surface area (Å²) in [5.41, 5.74) is 1.68. The Morgan fingerprint density at radius 3 is 2.55 bits per heavy atom. The molecule has 1 saturated heterocycles. The van der Waals surface area contributed by atoms with Crippen LogP contribution in [0, 0.1) is 5.82 Å². The summed E-state index contributed by atoms with van der Waals surface area (Å²) >= 11 is 0. The van der Waals surface area contributed by atoms with Gasteiger partial charge >= 0.3 is 6.03 Å². The summed E-state index contributed by atoms with van der Waals surface area (Å²) < 4.78 is 32.8. The molecule has 12 heteroatoms. The molecule has 0 unspecified atom stereocenters. The van der Waals surface area contributed by atoms with Crippen molar-refractivity contribution in [3.05, 3.63) is 66.3 Å². The average molecular weight is 550 g/mol. The Morgan fingerprint density at radius 2 is 1.85 bits per heavy atom. The maximum atomic E-state index is 14.8. The van der Waals surface area contributed by atoms with Crippen molar-refractivity contribution in [2.45, 2.75) is 26.2 Å². The fraction of sp³-hybridized carbons (Fsp3) is 0.357. The Kier molecular flexibility index (Phi) is 8.08. The third kappa shape index (κ3) is 6.82. The first-order valence-corrected chi connectivity index (χ1v) is 13.1. The van der Waals surface area contributed by atoms with E-state index in [9.17, 15) is 9.18 Å². The number of hydrogen-bond donors (Lipinski definition) is 2. The fourth-order valence-electron chi connectivity index (χ4n) is 4.07. The van der Waals surface area contributed by atoms with Crippen LogP contribution >= 0.6 is 0 Å². The number of rotatable bonds is 8. The molecular weight excluding hydrogens is 517 g/mol. The highest BCUT2D eigenvalue weighted by molar-refractivity contribution is 5.99. The largest absolute Gasteiger partial charge is 0.492 e. The minimum atomic E-state index is -0.642. The van der Waals surface area contributed by atoms with Crippen LogP contribution in [0.5, 0.6) is 5.75 Å². The van der Waals surface area contributed by atoms with Gasteiger partial charge in [0.25, 0.3) is 0 Å². The minimum Gasteiger partial charge on any atom is -0.492 e. The second-order valence-corrected chi connectivity index (χ2v) is 10.4. The molecule has 1 fully saturated rings. The molecule has 2 amide bonds. The van der Waals surface area contributed by atoms with E-state index < -0.39 is 11.8 Å². The summed E-state index contributed by atoms with van der Waals surface area (Å²) in [5.74, 6) is 1.01. The Morgan fingerprint density at radius 1 is 1.07 bits per heavy atom. The molecule has 4 aromatic rings. The maximum Gasteiger partial charge on any atom is 0.325 e. The number of halogens is 1. The molecule has 2 N–H and O–H groups in total. The first-order valence-electron chi connectivity index (χ1n) is 13.1. The summed E-state index contributed by atoms with van der Waals surface area (Å²) in [4.78, 5) is 14.7. The van der Waals surface area contributed by atoms with Gasteiger partial charge in [-0.05, 0) is 36.4 Å². The van der Waals surface area contributed by atoms with Gasteiger partial charge in [0.15, 0.2) is 5.82 Å². The van der Waals surface area contributed by atoms with Gasteiger partial charge in [-0.1, -0.05) is 31.1 Å². The van der Waals surface area contributed by atoms with Gasteiger partial charge in [-0.25, -0.2) is 13.9 Å². The summed E-state index contributed by atoms with van der Waals surface area (Å²) in [6.45, 7) is 10.7. The van der Waals surface area contributed by atoms with Crippen molar-refractivity contribution in [2.75, 3.05) is 50.1 Å². The second kappa shape index (κ2) is 11.8. The van der Waals surface area contributed by atoms with E-state index in [1.807, 2.05) is 45.0 Å². The van der Waals surface area contributed by atoms with Crippen molar-refractivity contribution in [2.24, 2.45) is 0 Å². The zero-order chi connectivity index (χ0) is 28.1. The molecule has 1 aliphatic rings. The highest BCUT2D eigenvalue weighted by atomic mass is 19.1. The molecule has 210 valence electrons. The van der Waals surface area contributed by atoms with Crippen LogP contribution in [0.4, 0.5) is 20.7 Å². The number of aromatic nitrogens is 4. The van der Waals surface area contributed by atoms with E-state index in [0.717, 1.165) is 44.2 Å². The molecule has 2 aromatic carbocycles. The Labute approximate surface area is 231 Å². The molecule has 40 heavy (non-hydrogen) atoms. The lowest BCUT2D eigenvalue weighted by Crippen LogP contribution is -2.38. The highest BCUT2D eigenvalue weighted by Gasteiger charge is 2.20. The van der Waals surface area contributed by atoms with Gasteiger partial charge in [0.1, 0.15) is 29.6 Å². The summed E-state index contributed by atoms with van der Waals surface area (Å²) in [5, 5.41) is 17.2. The molecule has 0 atom stereocenters. The number of hydrogen-bond acceptors (Lipinski definition) is 8. The van der Waals surface area contributed by atoms with E-state index in [2.05, 4.69) is 31.0 Å². The number of anilines is 2. The van der Waals surface area contributed by atoms with Gasteiger partial charge < -0.3 is 19.3 Å². The molecule has 0 saturated carbocycles. The van der Waals surface area contributed by atoms with E-state index in [1.165, 1.54) is 16.8 Å².